The summed E-state index contributed by atoms with van der Waals surface area (Å²) in [6.45, 7) is 3.55. The van der Waals surface area contributed by atoms with Crippen LogP contribution in [0.5, 0.6) is 0 Å². The molecule has 2 nitrogen and oxygen atoms in total. The van der Waals surface area contributed by atoms with Gasteiger partial charge in [0.25, 0.3) is 0 Å². The van der Waals surface area contributed by atoms with Crippen LogP contribution in [-0.2, 0) is 3.07 Å². The molecule has 1 unspecified atom stereocenters. The number of hydrogen-bond donors (Lipinski definition) is 0. The van der Waals surface area contributed by atoms with E-state index in [0.29, 0.717) is 5.54 Å². The van der Waals surface area contributed by atoms with E-state index >= 15 is 0 Å². The van der Waals surface area contributed by atoms with Gasteiger partial charge >= 0.3 is 0 Å². The Hall–Kier alpha value is 0.650. The quantitative estimate of drug-likeness (QED) is 0.720. The van der Waals surface area contributed by atoms with Crippen LogP contribution in [-0.4, -0.2) is 30.1 Å². The maximum Gasteiger partial charge on any atom is 0.109 e. The van der Waals surface area contributed by atoms with Gasteiger partial charge in [0.1, 0.15) is 23.0 Å². The lowest BCUT2D eigenvalue weighted by atomic mass is 9.87. The van der Waals surface area contributed by atoms with Crippen molar-refractivity contribution in [3.63, 3.8) is 0 Å². The second-order valence-electron chi connectivity index (χ2n) is 4.03. The van der Waals surface area contributed by atoms with E-state index in [1.165, 1.54) is 45.2 Å². The molecule has 12 heavy (non-hydrogen) atoms. The first-order valence-electron chi connectivity index (χ1n) is 4.86. The molecule has 2 heterocycles. The Kier molecular flexibility index (Phi) is 2.92. The number of fused-ring (bicyclic) bond motifs is 1. The van der Waals surface area contributed by atoms with Crippen LogP contribution >= 0.6 is 23.0 Å². The zero-order chi connectivity index (χ0) is 8.44. The van der Waals surface area contributed by atoms with Crippen molar-refractivity contribution in [3.05, 3.63) is 0 Å². The van der Waals surface area contributed by atoms with Gasteiger partial charge in [-0.1, -0.05) is 6.42 Å². The summed E-state index contributed by atoms with van der Waals surface area (Å²) in [5, 5.41) is 0. The molecular formula is C9H16INO. The summed E-state index contributed by atoms with van der Waals surface area (Å²) in [6.07, 6.45) is 6.88. The molecule has 0 aliphatic carbocycles. The van der Waals surface area contributed by atoms with Gasteiger partial charge in [-0.05, 0) is 38.8 Å². The molecule has 2 rings (SSSR count). The summed E-state index contributed by atoms with van der Waals surface area (Å²) < 4.78 is 5.31. The molecule has 0 aromatic carbocycles. The maximum atomic E-state index is 5.31. The summed E-state index contributed by atoms with van der Waals surface area (Å²) in [5.41, 5.74) is 0.444. The summed E-state index contributed by atoms with van der Waals surface area (Å²) in [4.78, 5) is 2.65. The Morgan fingerprint density at radius 3 is 2.75 bits per heavy atom. The third-order valence-corrected chi connectivity index (χ3v) is 3.70. The van der Waals surface area contributed by atoms with Gasteiger partial charge in [0.15, 0.2) is 0 Å². The first kappa shape index (κ1) is 9.21. The van der Waals surface area contributed by atoms with Crippen molar-refractivity contribution in [2.75, 3.05) is 19.7 Å². The SMILES string of the molecule is IOCC12CCCCN1CCC2. The summed E-state index contributed by atoms with van der Waals surface area (Å²) in [6, 6.07) is 0. The molecule has 0 N–H and O–H groups in total. The molecule has 1 atom stereocenters. The van der Waals surface area contributed by atoms with Crippen LogP contribution in [0.15, 0.2) is 0 Å². The smallest absolute Gasteiger partial charge is 0.109 e. The zero-order valence-electron chi connectivity index (χ0n) is 7.39. The Morgan fingerprint density at radius 2 is 1.92 bits per heavy atom. The lowest BCUT2D eigenvalue weighted by Crippen LogP contribution is -2.49. The Bertz CT molecular complexity index is 161. The summed E-state index contributed by atoms with van der Waals surface area (Å²) >= 11 is 2.03. The normalized spacial score (nSPS) is 36.8. The second kappa shape index (κ2) is 3.80. The van der Waals surface area contributed by atoms with Crippen molar-refractivity contribution in [2.45, 2.75) is 37.6 Å². The summed E-state index contributed by atoms with van der Waals surface area (Å²) in [7, 11) is 0. The minimum absolute atomic E-state index is 0.444. The van der Waals surface area contributed by atoms with Crippen LogP contribution in [0.3, 0.4) is 0 Å². The van der Waals surface area contributed by atoms with E-state index in [9.17, 15) is 0 Å². The maximum absolute atomic E-state index is 5.31. The van der Waals surface area contributed by atoms with E-state index in [0.717, 1.165) is 6.61 Å². The highest BCUT2D eigenvalue weighted by Crippen LogP contribution is 2.37. The fourth-order valence-electron chi connectivity index (χ4n) is 2.72. The topological polar surface area (TPSA) is 12.5 Å². The predicted molar refractivity (Wildman–Crippen MR) is 57.4 cm³/mol. The molecule has 2 saturated heterocycles. The number of nitrogens with zero attached hydrogens (tertiary/aromatic N) is 1. The molecule has 0 saturated carbocycles. The van der Waals surface area contributed by atoms with Crippen LogP contribution in [0.25, 0.3) is 0 Å². The Labute approximate surface area is 88.3 Å². The minimum atomic E-state index is 0.444. The molecule has 2 aliphatic heterocycles. The molecule has 0 aromatic heterocycles. The van der Waals surface area contributed by atoms with Crippen molar-refractivity contribution < 1.29 is 3.07 Å². The number of rotatable bonds is 2. The van der Waals surface area contributed by atoms with Crippen LogP contribution < -0.4 is 0 Å². The lowest BCUT2D eigenvalue weighted by Gasteiger charge is -2.41. The lowest BCUT2D eigenvalue weighted by molar-refractivity contribution is 0.0566. The molecule has 0 radical (unpaired) electrons. The van der Waals surface area contributed by atoms with Crippen molar-refractivity contribution >= 4 is 23.0 Å². The van der Waals surface area contributed by atoms with Crippen LogP contribution in [0, 0.1) is 0 Å². The van der Waals surface area contributed by atoms with E-state index in [4.69, 9.17) is 3.07 Å². The molecule has 3 heteroatoms. The van der Waals surface area contributed by atoms with Gasteiger partial charge in [0.2, 0.25) is 0 Å². The van der Waals surface area contributed by atoms with Crippen LogP contribution in [0.4, 0.5) is 0 Å². The molecule has 0 spiro atoms. The summed E-state index contributed by atoms with van der Waals surface area (Å²) in [5.74, 6) is 0. The van der Waals surface area contributed by atoms with Gasteiger partial charge in [0.05, 0.1) is 6.61 Å². The van der Waals surface area contributed by atoms with Crippen molar-refractivity contribution in [3.8, 4) is 0 Å². The molecular weight excluding hydrogens is 265 g/mol. The predicted octanol–water partition coefficient (Wildman–Crippen LogP) is 2.37. The van der Waals surface area contributed by atoms with E-state index in [2.05, 4.69) is 4.90 Å². The minimum Gasteiger partial charge on any atom is -0.314 e. The van der Waals surface area contributed by atoms with Crippen molar-refractivity contribution in [1.82, 2.24) is 4.90 Å². The van der Waals surface area contributed by atoms with Gasteiger partial charge in [-0.3, -0.25) is 4.90 Å². The average Bonchev–Trinajstić information content (AvgIpc) is 2.48. The third kappa shape index (κ3) is 1.51. The fourth-order valence-corrected chi connectivity index (χ4v) is 3.30. The van der Waals surface area contributed by atoms with Gasteiger partial charge in [-0.15, -0.1) is 0 Å². The number of piperidine rings is 1. The molecule has 0 amide bonds. The molecule has 2 fully saturated rings. The standard InChI is InChI=1S/C9H16INO/c10-12-8-9-4-1-2-6-11(9)7-3-5-9/h1-8H2. The van der Waals surface area contributed by atoms with Crippen LogP contribution in [0.1, 0.15) is 32.1 Å². The second-order valence-corrected chi connectivity index (χ2v) is 4.65. The molecule has 0 bridgehead atoms. The van der Waals surface area contributed by atoms with E-state index in [1.807, 2.05) is 23.0 Å². The van der Waals surface area contributed by atoms with Crippen molar-refractivity contribution in [2.24, 2.45) is 0 Å². The molecule has 0 aromatic rings. The van der Waals surface area contributed by atoms with Crippen LogP contribution in [0.2, 0.25) is 0 Å². The van der Waals surface area contributed by atoms with E-state index in [-0.39, 0.29) is 0 Å². The van der Waals surface area contributed by atoms with Gasteiger partial charge in [-0.2, -0.15) is 0 Å². The highest BCUT2D eigenvalue weighted by molar-refractivity contribution is 14.1. The molecule has 2 aliphatic rings. The third-order valence-electron chi connectivity index (χ3n) is 3.38. The fraction of sp³-hybridized carbons (Fsp3) is 1.00. The Morgan fingerprint density at radius 1 is 1.17 bits per heavy atom. The Balaban J connectivity index is 2.06. The zero-order valence-corrected chi connectivity index (χ0v) is 9.55. The van der Waals surface area contributed by atoms with Gasteiger partial charge < -0.3 is 3.07 Å². The van der Waals surface area contributed by atoms with Gasteiger partial charge in [0, 0.05) is 5.54 Å². The van der Waals surface area contributed by atoms with E-state index < -0.39 is 0 Å². The first-order valence-corrected chi connectivity index (χ1v) is 5.74. The highest BCUT2D eigenvalue weighted by Gasteiger charge is 2.42. The largest absolute Gasteiger partial charge is 0.314 e. The highest BCUT2D eigenvalue weighted by atomic mass is 127. The first-order chi connectivity index (χ1) is 5.87. The van der Waals surface area contributed by atoms with Gasteiger partial charge in [-0.25, -0.2) is 0 Å². The van der Waals surface area contributed by atoms with E-state index in [1.54, 1.807) is 0 Å². The van der Waals surface area contributed by atoms with Crippen molar-refractivity contribution in [1.29, 1.82) is 0 Å². The average molecular weight is 281 g/mol. The number of hydrogen-bond acceptors (Lipinski definition) is 2. The number of halogens is 1. The monoisotopic (exact) mass is 281 g/mol. The molecule has 70 valence electrons.